The zero-order valence-electron chi connectivity index (χ0n) is 18.5. The Labute approximate surface area is 206 Å². The van der Waals surface area contributed by atoms with Gasteiger partial charge >= 0.3 is 5.97 Å². The summed E-state index contributed by atoms with van der Waals surface area (Å²) in [5, 5.41) is 1.43. The molecule has 1 unspecified atom stereocenters. The number of esters is 1. The van der Waals surface area contributed by atoms with Crippen LogP contribution in [0.2, 0.25) is 10.0 Å². The van der Waals surface area contributed by atoms with Crippen molar-refractivity contribution in [3.05, 3.63) is 94.0 Å². The summed E-state index contributed by atoms with van der Waals surface area (Å²) in [5.41, 5.74) is 3.34. The molecule has 1 aliphatic heterocycles. The molecule has 5 rings (SSSR count). The molecule has 1 amide bonds. The summed E-state index contributed by atoms with van der Waals surface area (Å²) in [6, 6.07) is 21.7. The number of para-hydroxylation sites is 1. The first-order valence-corrected chi connectivity index (χ1v) is 11.6. The van der Waals surface area contributed by atoms with Gasteiger partial charge in [0.05, 0.1) is 39.0 Å². The number of carbonyl (C=O) groups is 2. The molecule has 0 spiro atoms. The number of benzene rings is 3. The molecule has 4 aromatic rings. The number of pyridine rings is 1. The molecule has 2 heterocycles. The molecule has 0 N–H and O–H groups in total. The Kier molecular flexibility index (Phi) is 5.76. The van der Waals surface area contributed by atoms with E-state index in [1.54, 1.807) is 56.3 Å². The summed E-state index contributed by atoms with van der Waals surface area (Å²) in [6.45, 7) is 3.49. The minimum atomic E-state index is -1.04. The molecule has 34 heavy (non-hydrogen) atoms. The first-order chi connectivity index (χ1) is 16.4. The minimum absolute atomic E-state index is 0.337. The third-order valence-corrected chi connectivity index (χ3v) is 6.31. The molecule has 7 heteroatoms. The van der Waals surface area contributed by atoms with Gasteiger partial charge in [-0.3, -0.25) is 14.5 Å². The second kappa shape index (κ2) is 8.75. The van der Waals surface area contributed by atoms with E-state index < -0.39 is 18.1 Å². The maximum Gasteiger partial charge on any atom is 0.310 e. The number of hydrogen-bond acceptors (Lipinski definition) is 4. The van der Waals surface area contributed by atoms with Gasteiger partial charge in [-0.15, -0.1) is 0 Å². The number of halogens is 2. The van der Waals surface area contributed by atoms with Crippen LogP contribution in [0.15, 0.2) is 72.8 Å². The van der Waals surface area contributed by atoms with Crippen LogP contribution in [-0.4, -0.2) is 16.9 Å². The van der Waals surface area contributed by atoms with Crippen molar-refractivity contribution >= 4 is 51.7 Å². The van der Waals surface area contributed by atoms with Crippen LogP contribution in [0.1, 0.15) is 36.0 Å². The summed E-state index contributed by atoms with van der Waals surface area (Å²) in [7, 11) is 0. The summed E-state index contributed by atoms with van der Waals surface area (Å²) >= 11 is 12.8. The average molecular weight is 491 g/mol. The Hall–Kier alpha value is -3.41. The molecule has 1 aromatic heterocycles. The number of aromatic nitrogens is 1. The highest BCUT2D eigenvalue weighted by Gasteiger charge is 2.45. The summed E-state index contributed by atoms with van der Waals surface area (Å²) < 4.78 is 5.97. The van der Waals surface area contributed by atoms with E-state index in [9.17, 15) is 9.59 Å². The van der Waals surface area contributed by atoms with Crippen LogP contribution in [0.4, 0.5) is 5.69 Å². The van der Waals surface area contributed by atoms with Crippen LogP contribution < -0.4 is 4.90 Å². The second-order valence-electron chi connectivity index (χ2n) is 8.35. The van der Waals surface area contributed by atoms with Crippen molar-refractivity contribution in [1.29, 1.82) is 0 Å². The number of amides is 1. The lowest BCUT2D eigenvalue weighted by Crippen LogP contribution is -2.32. The molecule has 1 atom stereocenters. The van der Waals surface area contributed by atoms with Gasteiger partial charge in [0, 0.05) is 16.0 Å². The fourth-order valence-electron chi connectivity index (χ4n) is 4.13. The maximum absolute atomic E-state index is 14.0. The number of anilines is 1. The number of hydrogen-bond donors (Lipinski definition) is 0. The smallest absolute Gasteiger partial charge is 0.310 e. The Morgan fingerprint density at radius 2 is 1.71 bits per heavy atom. The lowest BCUT2D eigenvalue weighted by Gasteiger charge is -2.27. The molecular weight excluding hydrogens is 471 g/mol. The molecular formula is C27H20Cl2N2O3. The second-order valence-corrected chi connectivity index (χ2v) is 9.19. The molecule has 3 aromatic carbocycles. The molecule has 0 saturated carbocycles. The fourth-order valence-corrected chi connectivity index (χ4v) is 4.53. The van der Waals surface area contributed by atoms with Crippen LogP contribution >= 0.6 is 23.2 Å². The van der Waals surface area contributed by atoms with E-state index in [4.69, 9.17) is 32.9 Å². The molecule has 0 bridgehead atoms. The Morgan fingerprint density at radius 3 is 2.41 bits per heavy atom. The molecule has 0 radical (unpaired) electrons. The molecule has 0 aliphatic carbocycles. The zero-order chi connectivity index (χ0) is 24.0. The van der Waals surface area contributed by atoms with Gasteiger partial charge in [0.15, 0.2) is 0 Å². The zero-order valence-corrected chi connectivity index (χ0v) is 20.0. The van der Waals surface area contributed by atoms with Crippen molar-refractivity contribution in [3.8, 4) is 11.3 Å². The van der Waals surface area contributed by atoms with Gasteiger partial charge in [-0.25, -0.2) is 4.98 Å². The van der Waals surface area contributed by atoms with Crippen molar-refractivity contribution in [2.75, 3.05) is 4.90 Å². The van der Waals surface area contributed by atoms with Crippen molar-refractivity contribution in [1.82, 2.24) is 4.98 Å². The lowest BCUT2D eigenvalue weighted by atomic mass is 9.98. The Balaban J connectivity index is 1.85. The first-order valence-electron chi connectivity index (χ1n) is 10.8. The van der Waals surface area contributed by atoms with Gasteiger partial charge in [-0.2, -0.15) is 0 Å². The van der Waals surface area contributed by atoms with Gasteiger partial charge in [-0.1, -0.05) is 79.5 Å². The third-order valence-electron chi connectivity index (χ3n) is 5.76. The Bertz CT molecular complexity index is 1440. The first kappa shape index (κ1) is 22.4. The van der Waals surface area contributed by atoms with E-state index >= 15 is 0 Å². The van der Waals surface area contributed by atoms with Crippen molar-refractivity contribution in [2.45, 2.75) is 20.1 Å². The molecule has 170 valence electrons. The van der Waals surface area contributed by atoms with E-state index in [-0.39, 0.29) is 5.91 Å². The van der Waals surface area contributed by atoms with Crippen LogP contribution in [0.25, 0.3) is 22.2 Å². The highest BCUT2D eigenvalue weighted by atomic mass is 35.5. The van der Waals surface area contributed by atoms with Crippen molar-refractivity contribution in [3.63, 3.8) is 0 Å². The number of carbonyl (C=O) groups excluding carboxylic acids is 2. The van der Waals surface area contributed by atoms with E-state index in [1.807, 2.05) is 30.3 Å². The maximum atomic E-state index is 14.0. The number of rotatable bonds is 4. The van der Waals surface area contributed by atoms with Gasteiger partial charge in [0.2, 0.25) is 6.23 Å². The minimum Gasteiger partial charge on any atom is -0.436 e. The normalized spacial score (nSPS) is 15.1. The van der Waals surface area contributed by atoms with Gasteiger partial charge in [0.25, 0.3) is 5.91 Å². The van der Waals surface area contributed by atoms with Gasteiger partial charge in [0.1, 0.15) is 0 Å². The van der Waals surface area contributed by atoms with Crippen LogP contribution in [-0.2, 0) is 9.53 Å². The van der Waals surface area contributed by atoms with Gasteiger partial charge < -0.3 is 4.74 Å². The highest BCUT2D eigenvalue weighted by molar-refractivity contribution is 6.35. The summed E-state index contributed by atoms with van der Waals surface area (Å²) in [4.78, 5) is 33.1. The lowest BCUT2D eigenvalue weighted by molar-refractivity contribution is -0.152. The van der Waals surface area contributed by atoms with E-state index in [0.29, 0.717) is 43.5 Å². The SMILES string of the molecule is CC(C)C(=O)OC1c2c(-c3ccccc3)nc3ccc(Cl)cc3c2C(=O)N1c1ccccc1Cl. The summed E-state index contributed by atoms with van der Waals surface area (Å²) in [5.74, 6) is -1.17. The number of fused-ring (bicyclic) bond motifs is 3. The summed E-state index contributed by atoms with van der Waals surface area (Å²) in [6.07, 6.45) is -1.04. The van der Waals surface area contributed by atoms with Crippen LogP contribution in [0.5, 0.6) is 0 Å². The molecule has 1 aliphatic rings. The monoisotopic (exact) mass is 490 g/mol. The van der Waals surface area contributed by atoms with E-state index in [0.717, 1.165) is 5.56 Å². The average Bonchev–Trinajstić information content (AvgIpc) is 3.11. The van der Waals surface area contributed by atoms with Gasteiger partial charge in [-0.05, 0) is 30.3 Å². The topological polar surface area (TPSA) is 59.5 Å². The fraction of sp³-hybridized carbons (Fsp3) is 0.148. The molecule has 0 fully saturated rings. The number of nitrogens with zero attached hydrogens (tertiary/aromatic N) is 2. The van der Waals surface area contributed by atoms with Crippen molar-refractivity contribution in [2.24, 2.45) is 5.92 Å². The number of ether oxygens (including phenoxy) is 1. The molecule has 0 saturated heterocycles. The van der Waals surface area contributed by atoms with E-state index in [2.05, 4.69) is 0 Å². The van der Waals surface area contributed by atoms with E-state index in [1.165, 1.54) is 4.90 Å². The highest BCUT2D eigenvalue weighted by Crippen LogP contribution is 2.47. The predicted octanol–water partition coefficient (Wildman–Crippen LogP) is 7.07. The standard InChI is InChI=1S/C27H20Cl2N2O3/c1-15(2)27(33)34-26-23-22(25(32)31(26)21-11-7-6-10-19(21)29)18-14-17(28)12-13-20(18)30-24(23)16-8-4-3-5-9-16/h3-15,26H,1-2H3. The van der Waals surface area contributed by atoms with Crippen LogP contribution in [0.3, 0.4) is 0 Å². The third kappa shape index (κ3) is 3.71. The Morgan fingerprint density at radius 1 is 1.00 bits per heavy atom. The van der Waals surface area contributed by atoms with Crippen LogP contribution in [0, 0.1) is 5.92 Å². The largest absolute Gasteiger partial charge is 0.436 e. The quantitative estimate of drug-likeness (QED) is 0.287. The predicted molar refractivity (Wildman–Crippen MR) is 134 cm³/mol. The molecule has 5 nitrogen and oxygen atoms in total. The van der Waals surface area contributed by atoms with Crippen molar-refractivity contribution < 1.29 is 14.3 Å².